The Labute approximate surface area is 182 Å². The number of methoxy groups -OCH3 is 1. The molecule has 1 N–H and O–H groups in total. The molecule has 1 saturated carbocycles. The van der Waals surface area contributed by atoms with Crippen molar-refractivity contribution < 1.29 is 33.7 Å². The highest BCUT2D eigenvalue weighted by atomic mass is 16.6. The molecule has 0 aromatic carbocycles. The van der Waals surface area contributed by atoms with E-state index in [1.165, 1.54) is 7.11 Å². The van der Waals surface area contributed by atoms with Crippen LogP contribution in [0.4, 0.5) is 0 Å². The second-order valence-electron chi connectivity index (χ2n) is 9.64. The number of ether oxygens (including phenoxy) is 3. The zero-order valence-corrected chi connectivity index (χ0v) is 18.7. The Hall–Kier alpha value is -1.83. The molecule has 2 fully saturated rings. The molecule has 4 bridgehead atoms. The normalized spacial score (nSPS) is 49.5. The molecular formula is C24H32O7. The lowest BCUT2D eigenvalue weighted by molar-refractivity contribution is -0.171. The van der Waals surface area contributed by atoms with Crippen molar-refractivity contribution >= 4 is 18.0 Å². The van der Waals surface area contributed by atoms with Crippen molar-refractivity contribution in [1.82, 2.24) is 0 Å². The van der Waals surface area contributed by atoms with Crippen LogP contribution in [0.3, 0.4) is 0 Å². The lowest BCUT2D eigenvalue weighted by Gasteiger charge is -2.45. The minimum atomic E-state index is -0.945. The molecule has 31 heavy (non-hydrogen) atoms. The lowest BCUT2D eigenvalue weighted by Crippen LogP contribution is -2.54. The summed E-state index contributed by atoms with van der Waals surface area (Å²) < 4.78 is 17.8. The summed E-state index contributed by atoms with van der Waals surface area (Å²) in [4.78, 5) is 38.3. The van der Waals surface area contributed by atoms with Crippen molar-refractivity contribution in [2.75, 3.05) is 7.11 Å². The van der Waals surface area contributed by atoms with Gasteiger partial charge in [0.15, 0.2) is 6.10 Å². The van der Waals surface area contributed by atoms with Crippen molar-refractivity contribution in [3.63, 3.8) is 0 Å². The Morgan fingerprint density at radius 3 is 2.61 bits per heavy atom. The Morgan fingerprint density at radius 1 is 1.29 bits per heavy atom. The number of carbonyl (C=O) groups is 3. The predicted molar refractivity (Wildman–Crippen MR) is 111 cm³/mol. The molecule has 11 atom stereocenters. The van der Waals surface area contributed by atoms with Gasteiger partial charge in [0.25, 0.3) is 0 Å². The molecule has 1 unspecified atom stereocenters. The number of Topliss-reactive ketones (excluding diaryl/α,β-unsaturated/α-hetero) is 1. The van der Waals surface area contributed by atoms with Crippen molar-refractivity contribution in [1.29, 1.82) is 0 Å². The molecule has 170 valence electrons. The van der Waals surface area contributed by atoms with Crippen LogP contribution in [0.25, 0.3) is 0 Å². The first-order chi connectivity index (χ1) is 14.7. The van der Waals surface area contributed by atoms with Crippen LogP contribution in [0.5, 0.6) is 0 Å². The topological polar surface area (TPSA) is 99.1 Å². The third kappa shape index (κ3) is 3.16. The van der Waals surface area contributed by atoms with Crippen LogP contribution < -0.4 is 0 Å². The standard InChI is InChI=1S/C24H32O7/c1-11-8-12(2)24-15(9-18(29-5)23(28)30-21(11)14(4)26)6-7-16-19(24)20(27)13(3)17(10-25)22(16)31-24/h6-8,10-11,13-19,21-22,26H,9H2,1-5H3/b12-8-/t11-,13?,14-,15-,16-,17+,18+,19+,21+,22-,24+/m1/s1. The summed E-state index contributed by atoms with van der Waals surface area (Å²) >= 11 is 0. The van der Waals surface area contributed by atoms with E-state index in [0.29, 0.717) is 0 Å². The molecule has 7 nitrogen and oxygen atoms in total. The Bertz CT molecular complexity index is 830. The minimum Gasteiger partial charge on any atom is -0.457 e. The van der Waals surface area contributed by atoms with Crippen LogP contribution >= 0.6 is 0 Å². The van der Waals surface area contributed by atoms with Gasteiger partial charge < -0.3 is 24.1 Å². The maximum absolute atomic E-state index is 13.5. The highest BCUT2D eigenvalue weighted by Crippen LogP contribution is 2.60. The fraction of sp³-hybridized carbons (Fsp3) is 0.708. The van der Waals surface area contributed by atoms with Gasteiger partial charge >= 0.3 is 5.97 Å². The first-order valence-corrected chi connectivity index (χ1v) is 11.1. The average Bonchev–Trinajstić information content (AvgIpc) is 2.91. The Balaban J connectivity index is 1.88. The molecule has 2 aliphatic carbocycles. The number of carbonyl (C=O) groups excluding carboxylic acids is 3. The van der Waals surface area contributed by atoms with Gasteiger partial charge in [-0.3, -0.25) is 4.79 Å². The van der Waals surface area contributed by atoms with E-state index in [-0.39, 0.29) is 36.1 Å². The van der Waals surface area contributed by atoms with Gasteiger partial charge in [0.05, 0.1) is 24.0 Å². The summed E-state index contributed by atoms with van der Waals surface area (Å²) in [6, 6.07) is 0. The van der Waals surface area contributed by atoms with Crippen molar-refractivity contribution in [3.8, 4) is 0 Å². The van der Waals surface area contributed by atoms with E-state index in [1.54, 1.807) is 13.8 Å². The third-order valence-corrected chi connectivity index (χ3v) is 7.93. The fourth-order valence-corrected chi connectivity index (χ4v) is 6.36. The molecule has 2 heterocycles. The summed E-state index contributed by atoms with van der Waals surface area (Å²) in [5, 5.41) is 10.3. The van der Waals surface area contributed by atoms with Gasteiger partial charge in [0.1, 0.15) is 23.8 Å². The molecule has 0 amide bonds. The molecule has 1 spiro atoms. The quantitative estimate of drug-likeness (QED) is 0.413. The maximum atomic E-state index is 13.5. The van der Waals surface area contributed by atoms with Crippen LogP contribution in [-0.4, -0.2) is 60.3 Å². The van der Waals surface area contributed by atoms with E-state index in [4.69, 9.17) is 14.2 Å². The van der Waals surface area contributed by atoms with Crippen LogP contribution in [0.1, 0.15) is 34.1 Å². The number of cyclic esters (lactones) is 1. The number of hydrogen-bond donors (Lipinski definition) is 1. The molecule has 0 radical (unpaired) electrons. The number of rotatable bonds is 3. The summed E-state index contributed by atoms with van der Waals surface area (Å²) in [5.74, 6) is -2.59. The van der Waals surface area contributed by atoms with Crippen LogP contribution in [-0.2, 0) is 28.6 Å². The molecule has 2 aliphatic heterocycles. The van der Waals surface area contributed by atoms with Gasteiger partial charge in [-0.15, -0.1) is 0 Å². The smallest absolute Gasteiger partial charge is 0.335 e. The van der Waals surface area contributed by atoms with Crippen molar-refractivity contribution in [2.45, 2.75) is 64.1 Å². The van der Waals surface area contributed by atoms with Crippen LogP contribution in [0.2, 0.25) is 0 Å². The van der Waals surface area contributed by atoms with Crippen LogP contribution in [0.15, 0.2) is 23.8 Å². The van der Waals surface area contributed by atoms with Gasteiger partial charge in [-0.1, -0.05) is 32.1 Å². The highest BCUT2D eigenvalue weighted by Gasteiger charge is 2.68. The minimum absolute atomic E-state index is 0.0336. The molecule has 7 heteroatoms. The monoisotopic (exact) mass is 432 g/mol. The molecular weight excluding hydrogens is 400 g/mol. The van der Waals surface area contributed by atoms with E-state index in [0.717, 1.165) is 11.9 Å². The van der Waals surface area contributed by atoms with E-state index >= 15 is 0 Å². The zero-order chi connectivity index (χ0) is 22.7. The number of aliphatic hydroxyl groups is 1. The first-order valence-electron chi connectivity index (χ1n) is 11.1. The predicted octanol–water partition coefficient (Wildman–Crippen LogP) is 1.87. The van der Waals surface area contributed by atoms with Gasteiger partial charge in [0, 0.05) is 30.8 Å². The third-order valence-electron chi connectivity index (χ3n) is 7.93. The van der Waals surface area contributed by atoms with Gasteiger partial charge in [-0.25, -0.2) is 4.79 Å². The Kier molecular flexibility index (Phi) is 5.73. The summed E-state index contributed by atoms with van der Waals surface area (Å²) in [7, 11) is 1.45. The van der Waals surface area contributed by atoms with Gasteiger partial charge in [0.2, 0.25) is 0 Å². The van der Waals surface area contributed by atoms with Crippen molar-refractivity contribution in [3.05, 3.63) is 23.8 Å². The summed E-state index contributed by atoms with van der Waals surface area (Å²) in [5.41, 5.74) is -0.0728. The second kappa shape index (κ2) is 7.94. The van der Waals surface area contributed by atoms with Gasteiger partial charge in [-0.2, -0.15) is 0 Å². The maximum Gasteiger partial charge on any atom is 0.335 e. The van der Waals surface area contributed by atoms with E-state index in [9.17, 15) is 19.5 Å². The lowest BCUT2D eigenvalue weighted by atomic mass is 9.57. The molecule has 0 aromatic heterocycles. The number of ketones is 1. The van der Waals surface area contributed by atoms with E-state index < -0.39 is 47.6 Å². The molecule has 4 aliphatic rings. The molecule has 4 rings (SSSR count). The SMILES string of the molecule is CO[C@H]1C[C@H]2C=C[C@H]3[C@H]4O[C@]2(/C(C)=C\[C@@H](C)[C@@H]([C@@H](C)O)OC1=O)[C@@H]3C(=O)C(C)[C@@H]4C=O. The van der Waals surface area contributed by atoms with Crippen LogP contribution in [0, 0.1) is 35.5 Å². The number of aliphatic hydroxyl groups excluding tert-OH is 1. The fourth-order valence-electron chi connectivity index (χ4n) is 6.36. The van der Waals surface area contributed by atoms with E-state index in [1.807, 2.05) is 32.1 Å². The molecule has 0 aromatic rings. The number of hydrogen-bond acceptors (Lipinski definition) is 7. The molecule has 1 saturated heterocycles. The second-order valence-corrected chi connectivity index (χ2v) is 9.64. The summed E-state index contributed by atoms with van der Waals surface area (Å²) in [6.45, 7) is 7.21. The number of esters is 1. The first kappa shape index (κ1) is 22.4. The zero-order valence-electron chi connectivity index (χ0n) is 18.7. The number of aldehydes is 1. The average molecular weight is 433 g/mol. The summed E-state index contributed by atoms with van der Waals surface area (Å²) in [6.07, 6.45) is 4.23. The Morgan fingerprint density at radius 2 is 2.00 bits per heavy atom. The van der Waals surface area contributed by atoms with E-state index in [2.05, 4.69) is 0 Å². The highest BCUT2D eigenvalue weighted by molar-refractivity contribution is 5.90. The largest absolute Gasteiger partial charge is 0.457 e. The van der Waals surface area contributed by atoms with Crippen molar-refractivity contribution in [2.24, 2.45) is 35.5 Å². The van der Waals surface area contributed by atoms with Gasteiger partial charge in [-0.05, 0) is 25.8 Å².